The van der Waals surface area contributed by atoms with E-state index in [-0.39, 0.29) is 18.3 Å². The summed E-state index contributed by atoms with van der Waals surface area (Å²) in [6.07, 6.45) is 4.78. The van der Waals surface area contributed by atoms with E-state index in [1.807, 2.05) is 6.07 Å². The van der Waals surface area contributed by atoms with Crippen molar-refractivity contribution >= 4 is 28.4 Å². The molecule has 26 heavy (non-hydrogen) atoms. The Bertz CT molecular complexity index is 1090. The predicted molar refractivity (Wildman–Crippen MR) is 98.0 cm³/mol. The largest absolute Gasteiger partial charge is 0.350 e. The molecule has 0 aliphatic carbocycles. The van der Waals surface area contributed by atoms with Crippen LogP contribution in [0.15, 0.2) is 61.2 Å². The maximum Gasteiger partial charge on any atom is 0.267 e. The van der Waals surface area contributed by atoms with Crippen molar-refractivity contribution in [2.45, 2.75) is 6.54 Å². The predicted octanol–water partition coefficient (Wildman–Crippen LogP) is 4.08. The Morgan fingerprint density at radius 1 is 1.23 bits per heavy atom. The molecular formula is C19H14ClFN4O. The van der Waals surface area contributed by atoms with Crippen LogP contribution in [0.5, 0.6) is 0 Å². The number of aromatic nitrogens is 3. The van der Waals surface area contributed by atoms with Gasteiger partial charge >= 0.3 is 0 Å². The molecule has 4 rings (SSSR count). The van der Waals surface area contributed by atoms with E-state index in [9.17, 15) is 9.18 Å². The van der Waals surface area contributed by atoms with Crippen LogP contribution in [-0.2, 0) is 6.54 Å². The van der Waals surface area contributed by atoms with Crippen molar-refractivity contribution in [2.24, 2.45) is 0 Å². The van der Waals surface area contributed by atoms with E-state index in [0.717, 1.165) is 10.9 Å². The summed E-state index contributed by atoms with van der Waals surface area (Å²) in [4.78, 5) is 19.3. The van der Waals surface area contributed by atoms with Crippen LogP contribution < -0.4 is 5.32 Å². The molecule has 0 bridgehead atoms. The summed E-state index contributed by atoms with van der Waals surface area (Å²) in [5.74, 6) is -0.647. The quantitative estimate of drug-likeness (QED) is 0.570. The van der Waals surface area contributed by atoms with Gasteiger partial charge in [0.1, 0.15) is 11.5 Å². The van der Waals surface area contributed by atoms with Gasteiger partial charge in [0.2, 0.25) is 0 Å². The highest BCUT2D eigenvalue weighted by atomic mass is 35.5. The summed E-state index contributed by atoms with van der Waals surface area (Å²) in [5.41, 5.74) is 2.29. The lowest BCUT2D eigenvalue weighted by molar-refractivity contribution is 0.0946. The molecule has 0 atom stereocenters. The second kappa shape index (κ2) is 6.65. The first kappa shape index (κ1) is 16.4. The highest BCUT2D eigenvalue weighted by molar-refractivity contribution is 6.31. The van der Waals surface area contributed by atoms with Crippen LogP contribution in [0.1, 0.15) is 16.1 Å². The number of nitrogens with zero attached hydrogens (tertiary/aromatic N) is 2. The molecule has 0 aliphatic rings. The Hall–Kier alpha value is -3.12. The summed E-state index contributed by atoms with van der Waals surface area (Å²) in [7, 11) is 0. The van der Waals surface area contributed by atoms with Crippen LogP contribution in [0, 0.1) is 5.82 Å². The van der Waals surface area contributed by atoms with Crippen LogP contribution in [-0.4, -0.2) is 20.4 Å². The molecule has 0 fully saturated rings. The number of carbonyl (C=O) groups excluding carboxylic acids is 1. The van der Waals surface area contributed by atoms with Crippen molar-refractivity contribution in [3.05, 3.63) is 83.3 Å². The van der Waals surface area contributed by atoms with Crippen molar-refractivity contribution in [1.82, 2.24) is 19.9 Å². The molecule has 7 heteroatoms. The molecule has 0 aliphatic heterocycles. The van der Waals surface area contributed by atoms with Crippen molar-refractivity contribution in [3.8, 4) is 5.69 Å². The third-order valence-electron chi connectivity index (χ3n) is 4.08. The standard InChI is InChI=1S/C19H14ClFN4O/c20-14-3-2-13-8-17(24-16(13)9-14)19(26)23-10-12-1-4-18(15(21)7-12)25-6-5-22-11-25/h1-9,11,24H,10H2,(H,23,26). The van der Waals surface area contributed by atoms with Crippen LogP contribution in [0.25, 0.3) is 16.6 Å². The summed E-state index contributed by atoms with van der Waals surface area (Å²) in [6, 6.07) is 12.0. The number of aromatic amines is 1. The molecule has 2 heterocycles. The zero-order chi connectivity index (χ0) is 18.1. The molecule has 0 saturated heterocycles. The molecule has 2 aromatic heterocycles. The Kier molecular flexibility index (Phi) is 4.18. The minimum absolute atomic E-state index is 0.218. The number of H-pyrrole nitrogens is 1. The summed E-state index contributed by atoms with van der Waals surface area (Å²) < 4.78 is 15.8. The highest BCUT2D eigenvalue weighted by Gasteiger charge is 2.11. The minimum Gasteiger partial charge on any atom is -0.350 e. The number of amides is 1. The van der Waals surface area contributed by atoms with Crippen LogP contribution in [0.3, 0.4) is 0 Å². The van der Waals surface area contributed by atoms with Crippen molar-refractivity contribution < 1.29 is 9.18 Å². The topological polar surface area (TPSA) is 62.7 Å². The molecule has 1 amide bonds. The number of carbonyl (C=O) groups is 1. The average molecular weight is 369 g/mol. The normalized spacial score (nSPS) is 11.0. The molecule has 2 N–H and O–H groups in total. The third-order valence-corrected chi connectivity index (χ3v) is 4.31. The molecule has 0 saturated carbocycles. The maximum absolute atomic E-state index is 14.3. The fourth-order valence-corrected chi connectivity index (χ4v) is 2.94. The van der Waals surface area contributed by atoms with Gasteiger partial charge in [-0.3, -0.25) is 4.79 Å². The van der Waals surface area contributed by atoms with Gasteiger partial charge in [-0.25, -0.2) is 9.37 Å². The van der Waals surface area contributed by atoms with Gasteiger partial charge in [0.05, 0.1) is 12.0 Å². The fourth-order valence-electron chi connectivity index (χ4n) is 2.77. The van der Waals surface area contributed by atoms with E-state index in [0.29, 0.717) is 22.0 Å². The number of benzene rings is 2. The van der Waals surface area contributed by atoms with Crippen LogP contribution in [0.4, 0.5) is 4.39 Å². The minimum atomic E-state index is -0.380. The Morgan fingerprint density at radius 3 is 2.88 bits per heavy atom. The second-order valence-corrected chi connectivity index (χ2v) is 6.29. The Morgan fingerprint density at radius 2 is 2.12 bits per heavy atom. The van der Waals surface area contributed by atoms with Crippen LogP contribution in [0.2, 0.25) is 5.02 Å². The number of nitrogens with one attached hydrogen (secondary N) is 2. The first-order valence-corrected chi connectivity index (χ1v) is 8.31. The lowest BCUT2D eigenvalue weighted by atomic mass is 10.2. The molecule has 5 nitrogen and oxygen atoms in total. The molecular weight excluding hydrogens is 355 g/mol. The van der Waals surface area contributed by atoms with E-state index in [4.69, 9.17) is 11.6 Å². The van der Waals surface area contributed by atoms with Gasteiger partial charge in [0, 0.05) is 34.9 Å². The molecule has 130 valence electrons. The first-order chi connectivity index (χ1) is 12.6. The van der Waals surface area contributed by atoms with E-state index >= 15 is 0 Å². The zero-order valence-corrected chi connectivity index (χ0v) is 14.3. The molecule has 0 unspecified atom stereocenters. The fraction of sp³-hybridized carbons (Fsp3) is 0.0526. The molecule has 0 radical (unpaired) electrons. The van der Waals surface area contributed by atoms with E-state index in [2.05, 4.69) is 15.3 Å². The zero-order valence-electron chi connectivity index (χ0n) is 13.5. The summed E-state index contributed by atoms with van der Waals surface area (Å²) in [5, 5.41) is 4.28. The Labute approximate surface area is 153 Å². The van der Waals surface area contributed by atoms with Gasteiger partial charge in [-0.15, -0.1) is 0 Å². The van der Waals surface area contributed by atoms with E-state index in [1.54, 1.807) is 47.3 Å². The van der Waals surface area contributed by atoms with Gasteiger partial charge in [-0.1, -0.05) is 23.7 Å². The average Bonchev–Trinajstić information content (AvgIpc) is 3.28. The number of hydrogen-bond acceptors (Lipinski definition) is 2. The Balaban J connectivity index is 1.47. The van der Waals surface area contributed by atoms with E-state index < -0.39 is 0 Å². The van der Waals surface area contributed by atoms with Crippen molar-refractivity contribution in [3.63, 3.8) is 0 Å². The lowest BCUT2D eigenvalue weighted by Crippen LogP contribution is -2.23. The maximum atomic E-state index is 14.3. The number of hydrogen-bond donors (Lipinski definition) is 2. The van der Waals surface area contributed by atoms with Gasteiger partial charge in [-0.2, -0.15) is 0 Å². The van der Waals surface area contributed by atoms with Gasteiger partial charge < -0.3 is 14.9 Å². The first-order valence-electron chi connectivity index (χ1n) is 7.93. The summed E-state index contributed by atoms with van der Waals surface area (Å²) >= 11 is 5.95. The second-order valence-electron chi connectivity index (χ2n) is 5.85. The molecule has 0 spiro atoms. The molecule has 2 aromatic carbocycles. The van der Waals surface area contributed by atoms with Crippen molar-refractivity contribution in [1.29, 1.82) is 0 Å². The third kappa shape index (κ3) is 3.19. The lowest BCUT2D eigenvalue weighted by Gasteiger charge is -2.08. The van der Waals surface area contributed by atoms with Gasteiger partial charge in [0.15, 0.2) is 0 Å². The van der Waals surface area contributed by atoms with Crippen molar-refractivity contribution in [2.75, 3.05) is 0 Å². The monoisotopic (exact) mass is 368 g/mol. The highest BCUT2D eigenvalue weighted by Crippen LogP contribution is 2.20. The van der Waals surface area contributed by atoms with E-state index in [1.165, 1.54) is 12.4 Å². The number of halogens is 2. The number of fused-ring (bicyclic) bond motifs is 1. The van der Waals surface area contributed by atoms with Crippen LogP contribution >= 0.6 is 11.6 Å². The number of rotatable bonds is 4. The smallest absolute Gasteiger partial charge is 0.267 e. The van der Waals surface area contributed by atoms with Gasteiger partial charge in [0.25, 0.3) is 5.91 Å². The van der Waals surface area contributed by atoms with Gasteiger partial charge in [-0.05, 0) is 35.9 Å². The summed E-state index contributed by atoms with van der Waals surface area (Å²) in [6.45, 7) is 0.218. The number of imidazole rings is 1. The molecule has 4 aromatic rings. The SMILES string of the molecule is O=C(NCc1ccc(-n2ccnc2)c(F)c1)c1cc2ccc(Cl)cc2[nH]1.